The monoisotopic (exact) mass is 338 g/mol. The lowest BCUT2D eigenvalue weighted by Crippen LogP contribution is -2.18. The fourth-order valence-electron chi connectivity index (χ4n) is 1.88. The van der Waals surface area contributed by atoms with Crippen molar-refractivity contribution < 1.29 is 4.92 Å². The van der Waals surface area contributed by atoms with Crippen LogP contribution >= 0.6 is 15.9 Å². The van der Waals surface area contributed by atoms with Gasteiger partial charge in [0.25, 0.3) is 5.69 Å². The summed E-state index contributed by atoms with van der Waals surface area (Å²) in [6.45, 7) is 1.49. The van der Waals surface area contributed by atoms with Crippen LogP contribution in [0.5, 0.6) is 0 Å². The zero-order chi connectivity index (χ0) is 14.5. The van der Waals surface area contributed by atoms with Crippen LogP contribution in [0.3, 0.4) is 0 Å². The fourth-order valence-corrected chi connectivity index (χ4v) is 2.39. The summed E-state index contributed by atoms with van der Waals surface area (Å²) in [6.07, 6.45) is 2.67. The molecule has 2 rings (SSSR count). The lowest BCUT2D eigenvalue weighted by atomic mass is 10.2. The van der Waals surface area contributed by atoms with Gasteiger partial charge in [0.05, 0.1) is 4.92 Å². The van der Waals surface area contributed by atoms with E-state index in [1.54, 1.807) is 12.3 Å². The van der Waals surface area contributed by atoms with Gasteiger partial charge in [-0.2, -0.15) is 5.10 Å². The quantitative estimate of drug-likeness (QED) is 0.498. The number of nitro benzene ring substituents is 1. The van der Waals surface area contributed by atoms with Crippen LogP contribution < -0.4 is 5.32 Å². The first kappa shape index (κ1) is 14.7. The molecule has 0 unspecified atom stereocenters. The SMILES string of the molecule is Cn1nccc1CCNCc1ccc([N+](=O)[O-])cc1Br. The van der Waals surface area contributed by atoms with Crippen LogP contribution in [0.4, 0.5) is 5.69 Å². The van der Waals surface area contributed by atoms with Crippen molar-refractivity contribution in [2.24, 2.45) is 7.05 Å². The minimum absolute atomic E-state index is 0.0931. The number of benzene rings is 1. The van der Waals surface area contributed by atoms with Gasteiger partial charge in [0.2, 0.25) is 0 Å². The zero-order valence-corrected chi connectivity index (χ0v) is 12.6. The van der Waals surface area contributed by atoms with Crippen molar-refractivity contribution in [1.82, 2.24) is 15.1 Å². The van der Waals surface area contributed by atoms with Gasteiger partial charge in [-0.1, -0.05) is 15.9 Å². The Balaban J connectivity index is 1.85. The van der Waals surface area contributed by atoms with Gasteiger partial charge in [-0.15, -0.1) is 0 Å². The number of aromatic nitrogens is 2. The molecule has 6 nitrogen and oxygen atoms in total. The standard InChI is InChI=1S/C13H15BrN4O2/c1-17-11(5-7-16-17)4-6-15-9-10-2-3-12(18(19)20)8-13(10)14/h2-3,5,7-8,15H,4,6,9H2,1H3. The number of nitrogens with zero attached hydrogens (tertiary/aromatic N) is 3. The number of nitrogens with one attached hydrogen (secondary N) is 1. The number of aryl methyl sites for hydroxylation is 1. The van der Waals surface area contributed by atoms with E-state index in [1.807, 2.05) is 17.8 Å². The summed E-state index contributed by atoms with van der Waals surface area (Å²) < 4.78 is 2.60. The fraction of sp³-hybridized carbons (Fsp3) is 0.308. The van der Waals surface area contributed by atoms with Gasteiger partial charge in [0, 0.05) is 55.1 Å². The molecule has 0 aliphatic carbocycles. The van der Waals surface area contributed by atoms with E-state index in [9.17, 15) is 10.1 Å². The lowest BCUT2D eigenvalue weighted by Gasteiger charge is -2.07. The summed E-state index contributed by atoms with van der Waals surface area (Å²) in [5.41, 5.74) is 2.26. The Bertz CT molecular complexity index is 612. The third-order valence-corrected chi connectivity index (χ3v) is 3.78. The molecule has 0 spiro atoms. The first-order chi connectivity index (χ1) is 9.58. The van der Waals surface area contributed by atoms with Crippen LogP contribution in [0.2, 0.25) is 0 Å². The molecule has 0 aliphatic rings. The second kappa shape index (κ2) is 6.62. The second-order valence-electron chi connectivity index (χ2n) is 4.41. The van der Waals surface area contributed by atoms with E-state index in [0.717, 1.165) is 23.0 Å². The van der Waals surface area contributed by atoms with Crippen molar-refractivity contribution in [1.29, 1.82) is 0 Å². The maximum Gasteiger partial charge on any atom is 0.270 e. The van der Waals surface area contributed by atoms with Gasteiger partial charge in [-0.05, 0) is 17.7 Å². The predicted octanol–water partition coefficient (Wildman–Crippen LogP) is 2.42. The Morgan fingerprint density at radius 1 is 1.45 bits per heavy atom. The largest absolute Gasteiger partial charge is 0.312 e. The third kappa shape index (κ3) is 3.64. The third-order valence-electron chi connectivity index (χ3n) is 3.04. The summed E-state index contributed by atoms with van der Waals surface area (Å²) in [5.74, 6) is 0. The van der Waals surface area contributed by atoms with E-state index in [1.165, 1.54) is 17.8 Å². The predicted molar refractivity (Wildman–Crippen MR) is 79.4 cm³/mol. The molecule has 1 heterocycles. The minimum Gasteiger partial charge on any atom is -0.312 e. The normalized spacial score (nSPS) is 10.7. The van der Waals surface area contributed by atoms with E-state index < -0.39 is 4.92 Å². The Morgan fingerprint density at radius 2 is 2.25 bits per heavy atom. The molecular formula is C13H15BrN4O2. The van der Waals surface area contributed by atoms with Gasteiger partial charge in [-0.3, -0.25) is 14.8 Å². The van der Waals surface area contributed by atoms with E-state index in [-0.39, 0.29) is 5.69 Å². The van der Waals surface area contributed by atoms with Crippen LogP contribution in [0, 0.1) is 10.1 Å². The molecule has 1 aromatic carbocycles. The van der Waals surface area contributed by atoms with Crippen LogP contribution in [-0.4, -0.2) is 21.2 Å². The van der Waals surface area contributed by atoms with Gasteiger partial charge in [0.15, 0.2) is 0 Å². The molecule has 0 amide bonds. The van der Waals surface area contributed by atoms with Crippen molar-refractivity contribution >= 4 is 21.6 Å². The summed E-state index contributed by atoms with van der Waals surface area (Å²) >= 11 is 3.36. The van der Waals surface area contributed by atoms with Crippen molar-refractivity contribution in [3.8, 4) is 0 Å². The van der Waals surface area contributed by atoms with Gasteiger partial charge < -0.3 is 5.32 Å². The number of halogens is 1. The molecule has 0 atom stereocenters. The second-order valence-corrected chi connectivity index (χ2v) is 5.26. The minimum atomic E-state index is -0.398. The number of hydrogen-bond donors (Lipinski definition) is 1. The van der Waals surface area contributed by atoms with E-state index in [0.29, 0.717) is 6.54 Å². The maximum atomic E-state index is 10.6. The van der Waals surface area contributed by atoms with Crippen molar-refractivity contribution in [2.75, 3.05) is 6.54 Å². The van der Waals surface area contributed by atoms with Crippen LogP contribution in [-0.2, 0) is 20.0 Å². The molecule has 0 fully saturated rings. The molecule has 0 saturated carbocycles. The van der Waals surface area contributed by atoms with Crippen molar-refractivity contribution in [3.05, 3.63) is 56.3 Å². The average molecular weight is 339 g/mol. The van der Waals surface area contributed by atoms with Crippen LogP contribution in [0.1, 0.15) is 11.3 Å². The molecule has 1 aromatic heterocycles. The molecule has 2 aromatic rings. The van der Waals surface area contributed by atoms with E-state index in [4.69, 9.17) is 0 Å². The Kier molecular flexibility index (Phi) is 4.86. The number of hydrogen-bond acceptors (Lipinski definition) is 4. The van der Waals surface area contributed by atoms with Crippen LogP contribution in [0.15, 0.2) is 34.9 Å². The van der Waals surface area contributed by atoms with Gasteiger partial charge in [-0.25, -0.2) is 0 Å². The highest BCUT2D eigenvalue weighted by Gasteiger charge is 2.08. The van der Waals surface area contributed by atoms with Gasteiger partial charge in [0.1, 0.15) is 0 Å². The molecule has 7 heteroatoms. The Morgan fingerprint density at radius 3 is 2.85 bits per heavy atom. The van der Waals surface area contributed by atoms with E-state index >= 15 is 0 Å². The first-order valence-corrected chi connectivity index (χ1v) is 6.97. The Hall–Kier alpha value is -1.73. The molecule has 0 saturated heterocycles. The topological polar surface area (TPSA) is 73.0 Å². The molecule has 0 bridgehead atoms. The summed E-state index contributed by atoms with van der Waals surface area (Å²) in [7, 11) is 1.92. The lowest BCUT2D eigenvalue weighted by molar-refractivity contribution is -0.384. The molecule has 0 radical (unpaired) electrons. The van der Waals surface area contributed by atoms with Crippen molar-refractivity contribution in [3.63, 3.8) is 0 Å². The Labute approximate surface area is 125 Å². The highest BCUT2D eigenvalue weighted by molar-refractivity contribution is 9.10. The molecule has 106 valence electrons. The summed E-state index contributed by atoms with van der Waals surface area (Å²) in [4.78, 5) is 10.3. The molecule has 0 aliphatic heterocycles. The average Bonchev–Trinajstić information content (AvgIpc) is 2.81. The molecule has 20 heavy (non-hydrogen) atoms. The zero-order valence-electron chi connectivity index (χ0n) is 11.0. The maximum absolute atomic E-state index is 10.6. The number of non-ortho nitro benzene ring substituents is 1. The summed E-state index contributed by atoms with van der Waals surface area (Å²) in [6, 6.07) is 6.80. The number of nitro groups is 1. The first-order valence-electron chi connectivity index (χ1n) is 6.18. The highest BCUT2D eigenvalue weighted by Crippen LogP contribution is 2.22. The highest BCUT2D eigenvalue weighted by atomic mass is 79.9. The van der Waals surface area contributed by atoms with Gasteiger partial charge >= 0.3 is 0 Å². The molecule has 1 N–H and O–H groups in total. The number of rotatable bonds is 6. The van der Waals surface area contributed by atoms with Crippen LogP contribution in [0.25, 0.3) is 0 Å². The summed E-state index contributed by atoms with van der Waals surface area (Å²) in [5, 5.41) is 18.1. The molecular weight excluding hydrogens is 324 g/mol. The van der Waals surface area contributed by atoms with Crippen molar-refractivity contribution in [2.45, 2.75) is 13.0 Å². The smallest absolute Gasteiger partial charge is 0.270 e. The van der Waals surface area contributed by atoms with E-state index in [2.05, 4.69) is 26.3 Å².